The molecule has 0 saturated carbocycles. The van der Waals surface area contributed by atoms with Crippen molar-refractivity contribution in [2.45, 2.75) is 20.0 Å². The maximum absolute atomic E-state index is 10.6. The Kier molecular flexibility index (Phi) is 3.92. The molecule has 1 aromatic rings. The van der Waals surface area contributed by atoms with Crippen LogP contribution in [0.25, 0.3) is 6.08 Å². The van der Waals surface area contributed by atoms with Crippen molar-refractivity contribution < 1.29 is 9.53 Å². The Morgan fingerprint density at radius 2 is 2.00 bits per heavy atom. The van der Waals surface area contributed by atoms with Gasteiger partial charge >= 0.3 is 5.97 Å². The van der Waals surface area contributed by atoms with Crippen molar-refractivity contribution in [2.75, 3.05) is 0 Å². The summed E-state index contributed by atoms with van der Waals surface area (Å²) in [6, 6.07) is 9.90. The Hall–Kier alpha value is -1.57. The van der Waals surface area contributed by atoms with Crippen LogP contribution in [0.3, 0.4) is 0 Å². The van der Waals surface area contributed by atoms with Gasteiger partial charge in [0.2, 0.25) is 0 Å². The van der Waals surface area contributed by atoms with Gasteiger partial charge in [-0.05, 0) is 18.6 Å². The van der Waals surface area contributed by atoms with E-state index in [0.29, 0.717) is 0 Å². The molecule has 0 aromatic heterocycles. The predicted octanol–water partition coefficient (Wildman–Crippen LogP) is 2.65. The third-order valence-electron chi connectivity index (χ3n) is 1.71. The van der Waals surface area contributed by atoms with Crippen molar-refractivity contribution in [3.63, 3.8) is 0 Å². The van der Waals surface area contributed by atoms with Gasteiger partial charge in [-0.25, -0.2) is 0 Å². The van der Waals surface area contributed by atoms with E-state index in [2.05, 4.69) is 0 Å². The van der Waals surface area contributed by atoms with E-state index < -0.39 is 0 Å². The van der Waals surface area contributed by atoms with Crippen molar-refractivity contribution in [1.29, 1.82) is 0 Å². The van der Waals surface area contributed by atoms with Gasteiger partial charge < -0.3 is 4.74 Å². The van der Waals surface area contributed by atoms with Crippen LogP contribution < -0.4 is 0 Å². The summed E-state index contributed by atoms with van der Waals surface area (Å²) in [6.45, 7) is 3.24. The summed E-state index contributed by atoms with van der Waals surface area (Å²) < 4.78 is 4.95. The van der Waals surface area contributed by atoms with Crippen molar-refractivity contribution in [3.05, 3.63) is 42.0 Å². The predicted molar refractivity (Wildman–Crippen MR) is 56.7 cm³/mol. The first kappa shape index (κ1) is 10.5. The maximum Gasteiger partial charge on any atom is 0.303 e. The van der Waals surface area contributed by atoms with Crippen molar-refractivity contribution in [1.82, 2.24) is 0 Å². The molecule has 1 aromatic carbocycles. The summed E-state index contributed by atoms with van der Waals surface area (Å²) in [7, 11) is 0. The lowest BCUT2D eigenvalue weighted by Crippen LogP contribution is -2.08. The first-order valence-electron chi connectivity index (χ1n) is 4.59. The van der Waals surface area contributed by atoms with Crippen molar-refractivity contribution in [2.24, 2.45) is 0 Å². The topological polar surface area (TPSA) is 26.3 Å². The van der Waals surface area contributed by atoms with Crippen LogP contribution in [0.15, 0.2) is 36.4 Å². The smallest absolute Gasteiger partial charge is 0.303 e. The summed E-state index contributed by atoms with van der Waals surface area (Å²) in [4.78, 5) is 10.6. The fourth-order valence-electron chi connectivity index (χ4n) is 1.11. The lowest BCUT2D eigenvalue weighted by atomic mass is 10.2. The quantitative estimate of drug-likeness (QED) is 0.685. The summed E-state index contributed by atoms with van der Waals surface area (Å²) in [5.41, 5.74) is 1.10. The molecule has 0 fully saturated rings. The van der Waals surface area contributed by atoms with Crippen LogP contribution in [-0.4, -0.2) is 12.1 Å². The zero-order valence-electron chi connectivity index (χ0n) is 8.44. The second-order valence-electron chi connectivity index (χ2n) is 3.08. The first-order chi connectivity index (χ1) is 6.68. The second kappa shape index (κ2) is 5.22. The van der Waals surface area contributed by atoms with E-state index in [4.69, 9.17) is 4.74 Å². The molecule has 0 unspecified atom stereocenters. The Morgan fingerprint density at radius 1 is 1.36 bits per heavy atom. The van der Waals surface area contributed by atoms with E-state index in [1.54, 1.807) is 0 Å². The van der Waals surface area contributed by atoms with Gasteiger partial charge in [0.15, 0.2) is 0 Å². The van der Waals surface area contributed by atoms with Gasteiger partial charge in [-0.15, -0.1) is 0 Å². The highest BCUT2D eigenvalue weighted by atomic mass is 16.5. The van der Waals surface area contributed by atoms with Gasteiger partial charge in [0.05, 0.1) is 0 Å². The van der Waals surface area contributed by atoms with Gasteiger partial charge in [-0.3, -0.25) is 4.79 Å². The highest BCUT2D eigenvalue weighted by Crippen LogP contribution is 2.03. The molecule has 0 N–H and O–H groups in total. The third-order valence-corrected chi connectivity index (χ3v) is 1.71. The lowest BCUT2D eigenvalue weighted by molar-refractivity contribution is -0.143. The van der Waals surface area contributed by atoms with Gasteiger partial charge in [0, 0.05) is 6.92 Å². The normalized spacial score (nSPS) is 12.7. The first-order valence-corrected chi connectivity index (χ1v) is 4.59. The molecule has 2 nitrogen and oxygen atoms in total. The van der Waals surface area contributed by atoms with Gasteiger partial charge in [0.25, 0.3) is 0 Å². The highest BCUT2D eigenvalue weighted by Gasteiger charge is 1.98. The fourth-order valence-corrected chi connectivity index (χ4v) is 1.11. The molecule has 0 aliphatic rings. The number of esters is 1. The zero-order chi connectivity index (χ0) is 10.4. The van der Waals surface area contributed by atoms with E-state index in [9.17, 15) is 4.79 Å². The molecule has 0 radical (unpaired) electrons. The maximum atomic E-state index is 10.6. The van der Waals surface area contributed by atoms with Crippen LogP contribution in [0, 0.1) is 0 Å². The highest BCUT2D eigenvalue weighted by molar-refractivity contribution is 5.66. The molecular formula is C12H14O2. The molecule has 0 bridgehead atoms. The minimum absolute atomic E-state index is 0.173. The van der Waals surface area contributed by atoms with E-state index in [-0.39, 0.29) is 12.1 Å². The van der Waals surface area contributed by atoms with Gasteiger partial charge in [0.1, 0.15) is 6.10 Å². The summed E-state index contributed by atoms with van der Waals surface area (Å²) >= 11 is 0. The monoisotopic (exact) mass is 190 g/mol. The molecule has 0 heterocycles. The molecule has 2 heteroatoms. The molecule has 0 aliphatic carbocycles. The van der Waals surface area contributed by atoms with Crippen LogP contribution in [0.4, 0.5) is 0 Å². The molecule has 0 amide bonds. The zero-order valence-corrected chi connectivity index (χ0v) is 8.44. The third kappa shape index (κ3) is 3.90. The lowest BCUT2D eigenvalue weighted by Gasteiger charge is -2.05. The van der Waals surface area contributed by atoms with Crippen LogP contribution in [-0.2, 0) is 9.53 Å². The Balaban J connectivity index is 2.52. The van der Waals surface area contributed by atoms with Crippen LogP contribution in [0.1, 0.15) is 19.4 Å². The Morgan fingerprint density at radius 3 is 2.57 bits per heavy atom. The minimum atomic E-state index is -0.254. The molecule has 0 aliphatic heterocycles. The molecule has 74 valence electrons. The van der Waals surface area contributed by atoms with E-state index in [1.807, 2.05) is 49.4 Å². The summed E-state index contributed by atoms with van der Waals surface area (Å²) in [5.74, 6) is -0.254. The van der Waals surface area contributed by atoms with Crippen molar-refractivity contribution in [3.8, 4) is 0 Å². The van der Waals surface area contributed by atoms with E-state index in [1.165, 1.54) is 6.92 Å². The number of carbonyl (C=O) groups excluding carboxylic acids is 1. The molecule has 14 heavy (non-hydrogen) atoms. The van der Waals surface area contributed by atoms with Crippen LogP contribution >= 0.6 is 0 Å². The van der Waals surface area contributed by atoms with Crippen molar-refractivity contribution >= 4 is 12.0 Å². The largest absolute Gasteiger partial charge is 0.459 e. The van der Waals surface area contributed by atoms with Crippen LogP contribution in [0.2, 0.25) is 0 Å². The van der Waals surface area contributed by atoms with E-state index >= 15 is 0 Å². The average molecular weight is 190 g/mol. The van der Waals surface area contributed by atoms with E-state index in [0.717, 1.165) is 5.56 Å². The van der Waals surface area contributed by atoms with Gasteiger partial charge in [-0.1, -0.05) is 36.4 Å². The number of rotatable bonds is 3. The van der Waals surface area contributed by atoms with Crippen LogP contribution in [0.5, 0.6) is 0 Å². The number of hydrogen-bond donors (Lipinski definition) is 0. The van der Waals surface area contributed by atoms with Gasteiger partial charge in [-0.2, -0.15) is 0 Å². The molecule has 1 rings (SSSR count). The summed E-state index contributed by atoms with van der Waals surface area (Å²) in [6.07, 6.45) is 3.62. The standard InChI is InChI=1S/C12H14O2/c1-10(14-11(2)13)8-9-12-6-4-3-5-7-12/h3-10H,1-2H3/b9-8-/t10-/m0/s1. The summed E-state index contributed by atoms with van der Waals surface area (Å²) in [5, 5.41) is 0. The Bertz CT molecular complexity index is 314. The fraction of sp³-hybridized carbons (Fsp3) is 0.250. The molecule has 1 atom stereocenters. The minimum Gasteiger partial charge on any atom is -0.459 e. The number of carbonyl (C=O) groups is 1. The number of hydrogen-bond acceptors (Lipinski definition) is 2. The Labute approximate surface area is 84.2 Å². The molecular weight excluding hydrogens is 176 g/mol. The SMILES string of the molecule is CC(=O)O[C@@H](C)/C=C\c1ccccc1. The molecule has 0 saturated heterocycles. The second-order valence-corrected chi connectivity index (χ2v) is 3.08. The average Bonchev–Trinajstić information content (AvgIpc) is 2.15. The number of ether oxygens (including phenoxy) is 1. The molecule has 0 spiro atoms. The number of benzene rings is 1.